The molecule has 1 aromatic carbocycles. The lowest BCUT2D eigenvalue weighted by atomic mass is 9.87. The Kier molecular flexibility index (Phi) is 4.53. The van der Waals surface area contributed by atoms with Gasteiger partial charge in [-0.2, -0.15) is 5.10 Å². The van der Waals surface area contributed by atoms with Gasteiger partial charge in [0.05, 0.1) is 6.26 Å². The van der Waals surface area contributed by atoms with E-state index in [0.29, 0.717) is 35.9 Å². The molecular formula is C19H21N5O2. The number of aromatic nitrogens is 3. The molecule has 1 amide bonds. The molecule has 0 saturated carbocycles. The summed E-state index contributed by atoms with van der Waals surface area (Å²) >= 11 is 0. The first-order valence-electron chi connectivity index (χ1n) is 8.82. The zero-order chi connectivity index (χ0) is 17.9. The predicted octanol–water partition coefficient (Wildman–Crippen LogP) is 2.37. The number of fused-ring (bicyclic) bond motifs is 1. The molecule has 0 saturated heterocycles. The zero-order valence-corrected chi connectivity index (χ0v) is 14.4. The summed E-state index contributed by atoms with van der Waals surface area (Å²) in [6.45, 7) is 0.467. The van der Waals surface area contributed by atoms with E-state index in [1.165, 1.54) is 5.56 Å². The minimum Gasteiger partial charge on any atom is -0.461 e. The quantitative estimate of drug-likeness (QED) is 0.654. The highest BCUT2D eigenvalue weighted by atomic mass is 16.3. The molecule has 0 fully saturated rings. The molecule has 134 valence electrons. The van der Waals surface area contributed by atoms with E-state index in [4.69, 9.17) is 10.2 Å². The fourth-order valence-electron chi connectivity index (χ4n) is 3.30. The van der Waals surface area contributed by atoms with Crippen LogP contribution in [0.4, 0.5) is 0 Å². The van der Waals surface area contributed by atoms with Gasteiger partial charge in [0.1, 0.15) is 5.82 Å². The van der Waals surface area contributed by atoms with Crippen LogP contribution in [0.1, 0.15) is 46.2 Å². The lowest BCUT2D eigenvalue weighted by Gasteiger charge is -2.22. The van der Waals surface area contributed by atoms with Gasteiger partial charge in [-0.3, -0.25) is 9.89 Å². The molecular weight excluding hydrogens is 330 g/mol. The van der Waals surface area contributed by atoms with Gasteiger partial charge < -0.3 is 15.5 Å². The van der Waals surface area contributed by atoms with E-state index >= 15 is 0 Å². The Morgan fingerprint density at radius 1 is 1.38 bits per heavy atom. The molecule has 4 rings (SSSR count). The third-order valence-electron chi connectivity index (χ3n) is 4.69. The van der Waals surface area contributed by atoms with E-state index in [9.17, 15) is 4.79 Å². The topological polar surface area (TPSA) is 110 Å². The summed E-state index contributed by atoms with van der Waals surface area (Å²) in [6, 6.07) is 9.44. The smallest absolute Gasteiger partial charge is 0.251 e. The minimum atomic E-state index is -0.101. The minimum absolute atomic E-state index is 0.0284. The molecule has 0 spiro atoms. The number of hydrogen-bond acceptors (Lipinski definition) is 5. The molecule has 1 atom stereocenters. The molecule has 0 bridgehead atoms. The second-order valence-electron chi connectivity index (χ2n) is 6.50. The van der Waals surface area contributed by atoms with Crippen LogP contribution < -0.4 is 11.1 Å². The predicted molar refractivity (Wildman–Crippen MR) is 96.4 cm³/mol. The molecule has 7 heteroatoms. The highest BCUT2D eigenvalue weighted by molar-refractivity contribution is 5.94. The van der Waals surface area contributed by atoms with E-state index in [-0.39, 0.29) is 11.9 Å². The number of H-pyrrole nitrogens is 1. The lowest BCUT2D eigenvalue weighted by molar-refractivity contribution is 0.0954. The summed E-state index contributed by atoms with van der Waals surface area (Å²) in [4.78, 5) is 16.8. The second-order valence-corrected chi connectivity index (χ2v) is 6.50. The Morgan fingerprint density at radius 3 is 3.15 bits per heavy atom. The van der Waals surface area contributed by atoms with Gasteiger partial charge in [0, 0.05) is 24.6 Å². The van der Waals surface area contributed by atoms with Gasteiger partial charge in [0.15, 0.2) is 5.76 Å². The summed E-state index contributed by atoms with van der Waals surface area (Å²) in [7, 11) is 0. The van der Waals surface area contributed by atoms with Crippen LogP contribution in [0.25, 0.3) is 11.6 Å². The molecule has 4 N–H and O–H groups in total. The van der Waals surface area contributed by atoms with E-state index in [2.05, 4.69) is 20.5 Å². The van der Waals surface area contributed by atoms with Crippen molar-refractivity contribution in [2.45, 2.75) is 31.7 Å². The molecule has 7 nitrogen and oxygen atoms in total. The van der Waals surface area contributed by atoms with Crippen molar-refractivity contribution in [3.05, 3.63) is 59.1 Å². The highest BCUT2D eigenvalue weighted by Crippen LogP contribution is 2.28. The number of nitrogens with zero attached hydrogens (tertiary/aromatic N) is 2. The van der Waals surface area contributed by atoms with Crippen molar-refractivity contribution in [2.24, 2.45) is 5.73 Å². The number of rotatable bonds is 5. The number of aryl methyl sites for hydroxylation is 1. The number of amides is 1. The van der Waals surface area contributed by atoms with E-state index < -0.39 is 0 Å². The van der Waals surface area contributed by atoms with Crippen molar-refractivity contribution < 1.29 is 9.21 Å². The van der Waals surface area contributed by atoms with Crippen molar-refractivity contribution in [1.29, 1.82) is 0 Å². The second kappa shape index (κ2) is 7.13. The molecule has 0 aliphatic heterocycles. The van der Waals surface area contributed by atoms with Gasteiger partial charge in [-0.1, -0.05) is 6.07 Å². The molecule has 3 aromatic rings. The average Bonchev–Trinajstić information content (AvgIpc) is 3.33. The number of carbonyl (C=O) groups is 1. The van der Waals surface area contributed by atoms with Crippen LogP contribution >= 0.6 is 0 Å². The SMILES string of the molecule is NC1CCCc2ccc(C(=O)NCCc3nc(-c4ccco4)n[nH]3)cc21. The van der Waals surface area contributed by atoms with Crippen LogP contribution in [0.15, 0.2) is 41.0 Å². The number of nitrogens with one attached hydrogen (secondary N) is 2. The molecule has 26 heavy (non-hydrogen) atoms. The Bertz CT molecular complexity index is 901. The standard InChI is InChI=1S/C19H21N5O2/c20-15-4-1-3-12-6-7-13(11-14(12)15)19(25)21-9-8-17-22-18(24-23-17)16-5-2-10-26-16/h2,5-7,10-11,15H,1,3-4,8-9,20H2,(H,21,25)(H,22,23,24). The summed E-state index contributed by atoms with van der Waals surface area (Å²) in [5.74, 6) is 1.72. The van der Waals surface area contributed by atoms with Crippen LogP contribution in [0.5, 0.6) is 0 Å². The first-order chi connectivity index (χ1) is 12.7. The fourth-order valence-corrected chi connectivity index (χ4v) is 3.30. The van der Waals surface area contributed by atoms with Gasteiger partial charge in [-0.15, -0.1) is 0 Å². The molecule has 2 heterocycles. The van der Waals surface area contributed by atoms with Gasteiger partial charge in [-0.05, 0) is 54.7 Å². The number of hydrogen-bond donors (Lipinski definition) is 3. The first kappa shape index (κ1) is 16.5. The number of carbonyl (C=O) groups excluding carboxylic acids is 1. The third-order valence-corrected chi connectivity index (χ3v) is 4.69. The molecule has 1 unspecified atom stereocenters. The largest absolute Gasteiger partial charge is 0.461 e. The summed E-state index contributed by atoms with van der Waals surface area (Å²) in [5, 5.41) is 9.90. The first-order valence-corrected chi connectivity index (χ1v) is 8.82. The average molecular weight is 351 g/mol. The van der Waals surface area contributed by atoms with E-state index in [0.717, 1.165) is 24.8 Å². The summed E-state index contributed by atoms with van der Waals surface area (Å²) in [6.07, 6.45) is 5.26. The van der Waals surface area contributed by atoms with Gasteiger partial charge in [0.2, 0.25) is 5.82 Å². The van der Waals surface area contributed by atoms with Crippen LogP contribution in [-0.4, -0.2) is 27.6 Å². The maximum Gasteiger partial charge on any atom is 0.251 e. The Morgan fingerprint density at radius 2 is 2.31 bits per heavy atom. The van der Waals surface area contributed by atoms with Crippen LogP contribution in [-0.2, 0) is 12.8 Å². The Balaban J connectivity index is 1.35. The lowest BCUT2D eigenvalue weighted by Crippen LogP contribution is -2.27. The van der Waals surface area contributed by atoms with Gasteiger partial charge in [-0.25, -0.2) is 4.98 Å². The van der Waals surface area contributed by atoms with Crippen molar-refractivity contribution in [1.82, 2.24) is 20.5 Å². The van der Waals surface area contributed by atoms with Gasteiger partial charge in [0.25, 0.3) is 5.91 Å². The molecule has 0 radical (unpaired) electrons. The third kappa shape index (κ3) is 3.39. The monoisotopic (exact) mass is 351 g/mol. The summed E-state index contributed by atoms with van der Waals surface area (Å²) in [5.41, 5.74) is 9.18. The van der Waals surface area contributed by atoms with E-state index in [1.54, 1.807) is 18.4 Å². The maximum atomic E-state index is 12.4. The van der Waals surface area contributed by atoms with Gasteiger partial charge >= 0.3 is 0 Å². The van der Waals surface area contributed by atoms with Crippen LogP contribution in [0.2, 0.25) is 0 Å². The zero-order valence-electron chi connectivity index (χ0n) is 14.4. The van der Waals surface area contributed by atoms with Crippen molar-refractivity contribution in [3.8, 4) is 11.6 Å². The normalized spacial score (nSPS) is 16.3. The van der Waals surface area contributed by atoms with Crippen LogP contribution in [0.3, 0.4) is 0 Å². The number of nitrogens with two attached hydrogens (primary N) is 1. The number of aromatic amines is 1. The summed E-state index contributed by atoms with van der Waals surface area (Å²) < 4.78 is 5.26. The van der Waals surface area contributed by atoms with E-state index in [1.807, 2.05) is 18.2 Å². The Labute approximate surface area is 151 Å². The molecule has 2 aromatic heterocycles. The molecule has 1 aliphatic carbocycles. The number of furan rings is 1. The highest BCUT2D eigenvalue weighted by Gasteiger charge is 2.18. The fraction of sp³-hybridized carbons (Fsp3) is 0.316. The van der Waals surface area contributed by atoms with Crippen molar-refractivity contribution in [3.63, 3.8) is 0 Å². The van der Waals surface area contributed by atoms with Crippen molar-refractivity contribution in [2.75, 3.05) is 6.54 Å². The van der Waals surface area contributed by atoms with Crippen LogP contribution in [0, 0.1) is 0 Å². The molecule has 1 aliphatic rings. The maximum absolute atomic E-state index is 12.4. The van der Waals surface area contributed by atoms with Crippen molar-refractivity contribution >= 4 is 5.91 Å². The Hall–Kier alpha value is -2.93. The number of benzene rings is 1.